The van der Waals surface area contributed by atoms with Crippen LogP contribution in [-0.2, 0) is 14.8 Å². The molecule has 0 aromatic heterocycles. The fourth-order valence-corrected chi connectivity index (χ4v) is 5.34. The maximum absolute atomic E-state index is 13.4. The van der Waals surface area contributed by atoms with Crippen LogP contribution in [0.1, 0.15) is 22.8 Å². The molecule has 2 heterocycles. The Morgan fingerprint density at radius 1 is 1.16 bits per heavy atom. The Morgan fingerprint density at radius 3 is 2.55 bits per heavy atom. The van der Waals surface area contributed by atoms with Gasteiger partial charge in [-0.2, -0.15) is 4.31 Å². The van der Waals surface area contributed by atoms with E-state index < -0.39 is 21.9 Å². The van der Waals surface area contributed by atoms with Crippen LogP contribution in [0.15, 0.2) is 41.3 Å². The highest BCUT2D eigenvalue weighted by Crippen LogP contribution is 2.35. The molecule has 2 amide bonds. The third-order valence-electron chi connectivity index (χ3n) is 5.42. The van der Waals surface area contributed by atoms with E-state index in [1.54, 1.807) is 19.9 Å². The van der Waals surface area contributed by atoms with Crippen molar-refractivity contribution in [1.82, 2.24) is 9.21 Å². The SMILES string of the molecule is Cc1cc2c(cc1S(=O)(=O)N1CCN(C(=O)c3cccc(F)c3)CC1)O[C@@H](C)C(=O)N2. The first-order chi connectivity index (χ1) is 14.7. The first kappa shape index (κ1) is 21.3. The van der Waals surface area contributed by atoms with E-state index in [1.165, 1.54) is 39.5 Å². The number of sulfonamides is 1. The van der Waals surface area contributed by atoms with Crippen LogP contribution in [-0.4, -0.2) is 61.7 Å². The summed E-state index contributed by atoms with van der Waals surface area (Å²) < 4.78 is 46.8. The van der Waals surface area contributed by atoms with E-state index in [0.29, 0.717) is 17.0 Å². The smallest absolute Gasteiger partial charge is 0.265 e. The third kappa shape index (κ3) is 4.00. The van der Waals surface area contributed by atoms with E-state index in [0.717, 1.165) is 0 Å². The van der Waals surface area contributed by atoms with Crippen molar-refractivity contribution in [2.75, 3.05) is 31.5 Å². The first-order valence-electron chi connectivity index (χ1n) is 9.84. The Hall–Kier alpha value is -2.98. The van der Waals surface area contributed by atoms with Crippen molar-refractivity contribution >= 4 is 27.5 Å². The Morgan fingerprint density at radius 2 is 1.87 bits per heavy atom. The number of anilines is 1. The molecule has 4 rings (SSSR count). The van der Waals surface area contributed by atoms with Crippen LogP contribution < -0.4 is 10.1 Å². The molecule has 1 fully saturated rings. The molecule has 1 N–H and O–H groups in total. The number of carbonyl (C=O) groups excluding carboxylic acids is 2. The number of hydrogen-bond acceptors (Lipinski definition) is 5. The fraction of sp³-hybridized carbons (Fsp3) is 0.333. The van der Waals surface area contributed by atoms with E-state index in [-0.39, 0.29) is 48.5 Å². The summed E-state index contributed by atoms with van der Waals surface area (Å²) in [6, 6.07) is 8.44. The summed E-state index contributed by atoms with van der Waals surface area (Å²) in [5.74, 6) is -0.819. The number of aryl methyl sites for hydroxylation is 1. The van der Waals surface area contributed by atoms with Crippen molar-refractivity contribution in [3.05, 3.63) is 53.3 Å². The van der Waals surface area contributed by atoms with E-state index >= 15 is 0 Å². The van der Waals surface area contributed by atoms with Gasteiger partial charge in [0.05, 0.1) is 10.6 Å². The average Bonchev–Trinajstić information content (AvgIpc) is 2.74. The topological polar surface area (TPSA) is 96.0 Å². The summed E-state index contributed by atoms with van der Waals surface area (Å²) in [7, 11) is -3.84. The van der Waals surface area contributed by atoms with E-state index in [1.807, 2.05) is 0 Å². The van der Waals surface area contributed by atoms with Crippen molar-refractivity contribution in [1.29, 1.82) is 0 Å². The van der Waals surface area contributed by atoms with Gasteiger partial charge >= 0.3 is 0 Å². The number of fused-ring (bicyclic) bond motifs is 1. The van der Waals surface area contributed by atoms with Crippen molar-refractivity contribution in [2.45, 2.75) is 24.8 Å². The molecule has 2 aliphatic heterocycles. The van der Waals surface area contributed by atoms with E-state index in [4.69, 9.17) is 4.74 Å². The van der Waals surface area contributed by atoms with Gasteiger partial charge in [-0.05, 0) is 43.7 Å². The van der Waals surface area contributed by atoms with Gasteiger partial charge in [-0.25, -0.2) is 12.8 Å². The summed E-state index contributed by atoms with van der Waals surface area (Å²) in [6.07, 6.45) is -0.719. The number of hydrogen-bond donors (Lipinski definition) is 1. The molecule has 31 heavy (non-hydrogen) atoms. The summed E-state index contributed by atoms with van der Waals surface area (Å²) in [6.45, 7) is 3.87. The molecule has 2 aromatic rings. The molecule has 0 unspecified atom stereocenters. The van der Waals surface area contributed by atoms with Crippen LogP contribution in [0.4, 0.5) is 10.1 Å². The minimum atomic E-state index is -3.84. The number of nitrogens with one attached hydrogen (secondary N) is 1. The molecule has 10 heteroatoms. The zero-order chi connectivity index (χ0) is 22.3. The molecule has 1 saturated heterocycles. The number of piperazine rings is 1. The van der Waals surface area contributed by atoms with Gasteiger partial charge in [0.25, 0.3) is 11.8 Å². The third-order valence-corrected chi connectivity index (χ3v) is 7.46. The Labute approximate surface area is 179 Å². The first-order valence-corrected chi connectivity index (χ1v) is 11.3. The summed E-state index contributed by atoms with van der Waals surface area (Å²) >= 11 is 0. The molecule has 1 atom stereocenters. The van der Waals surface area contributed by atoms with Crippen LogP contribution in [0.3, 0.4) is 0 Å². The van der Waals surface area contributed by atoms with E-state index in [9.17, 15) is 22.4 Å². The molecule has 8 nitrogen and oxygen atoms in total. The fourth-order valence-electron chi connectivity index (χ4n) is 3.70. The lowest BCUT2D eigenvalue weighted by atomic mass is 10.1. The van der Waals surface area contributed by atoms with Crippen LogP contribution in [0.5, 0.6) is 5.75 Å². The van der Waals surface area contributed by atoms with Crippen molar-refractivity contribution in [3.8, 4) is 5.75 Å². The number of nitrogens with zero attached hydrogens (tertiary/aromatic N) is 2. The standard InChI is InChI=1S/C21H22FN3O5S/c1-13-10-17-18(30-14(2)20(26)23-17)12-19(13)31(28,29)25-8-6-24(7-9-25)21(27)15-4-3-5-16(22)11-15/h3-5,10-12,14H,6-9H2,1-2H3,(H,23,26)/t14-/m0/s1. The number of halogens is 1. The van der Waals surface area contributed by atoms with Crippen LogP contribution >= 0.6 is 0 Å². The van der Waals surface area contributed by atoms with Crippen molar-refractivity contribution in [2.24, 2.45) is 0 Å². The monoisotopic (exact) mass is 447 g/mol. The summed E-state index contributed by atoms with van der Waals surface area (Å²) in [5.41, 5.74) is 1.15. The van der Waals surface area contributed by atoms with Gasteiger partial charge in [0.15, 0.2) is 6.10 Å². The Balaban J connectivity index is 1.51. The van der Waals surface area contributed by atoms with Gasteiger partial charge in [0.2, 0.25) is 10.0 Å². The minimum absolute atomic E-state index is 0.0968. The maximum atomic E-state index is 13.4. The number of benzene rings is 2. The second-order valence-electron chi connectivity index (χ2n) is 7.57. The zero-order valence-corrected chi connectivity index (χ0v) is 17.9. The molecular weight excluding hydrogens is 425 g/mol. The Kier molecular flexibility index (Phi) is 5.44. The molecule has 2 aromatic carbocycles. The van der Waals surface area contributed by atoms with Crippen LogP contribution in [0.25, 0.3) is 0 Å². The zero-order valence-electron chi connectivity index (χ0n) is 17.1. The number of amides is 2. The summed E-state index contributed by atoms with van der Waals surface area (Å²) in [5, 5.41) is 2.70. The predicted octanol–water partition coefficient (Wildman–Crippen LogP) is 2.00. The molecule has 164 valence electrons. The second-order valence-corrected chi connectivity index (χ2v) is 9.48. The molecule has 0 spiro atoms. The highest BCUT2D eigenvalue weighted by atomic mass is 32.2. The largest absolute Gasteiger partial charge is 0.479 e. The van der Waals surface area contributed by atoms with Gasteiger partial charge < -0.3 is 15.0 Å². The highest BCUT2D eigenvalue weighted by Gasteiger charge is 2.33. The average molecular weight is 447 g/mol. The van der Waals surface area contributed by atoms with Crippen LogP contribution in [0.2, 0.25) is 0 Å². The number of rotatable bonds is 3. The quantitative estimate of drug-likeness (QED) is 0.777. The lowest BCUT2D eigenvalue weighted by molar-refractivity contribution is -0.122. The number of carbonyl (C=O) groups is 2. The molecule has 2 aliphatic rings. The lowest BCUT2D eigenvalue weighted by Gasteiger charge is -2.34. The van der Waals surface area contributed by atoms with Gasteiger partial charge in [-0.1, -0.05) is 6.07 Å². The van der Waals surface area contributed by atoms with Gasteiger partial charge in [0, 0.05) is 37.8 Å². The number of ether oxygens (including phenoxy) is 1. The Bertz CT molecular complexity index is 1160. The molecule has 0 saturated carbocycles. The van der Waals surface area contributed by atoms with Gasteiger partial charge in [-0.3, -0.25) is 9.59 Å². The maximum Gasteiger partial charge on any atom is 0.265 e. The van der Waals surface area contributed by atoms with E-state index in [2.05, 4.69) is 5.32 Å². The van der Waals surface area contributed by atoms with Crippen molar-refractivity contribution in [3.63, 3.8) is 0 Å². The molecule has 0 bridgehead atoms. The molecular formula is C21H22FN3O5S. The highest BCUT2D eigenvalue weighted by molar-refractivity contribution is 7.89. The second kappa shape index (κ2) is 7.93. The predicted molar refractivity (Wildman–Crippen MR) is 111 cm³/mol. The summed E-state index contributed by atoms with van der Waals surface area (Å²) in [4.78, 5) is 26.0. The van der Waals surface area contributed by atoms with Gasteiger partial charge in [-0.15, -0.1) is 0 Å². The van der Waals surface area contributed by atoms with Crippen LogP contribution in [0, 0.1) is 12.7 Å². The normalized spacial score (nSPS) is 19.4. The minimum Gasteiger partial charge on any atom is -0.479 e. The molecule has 0 radical (unpaired) electrons. The molecule has 0 aliphatic carbocycles. The van der Waals surface area contributed by atoms with Gasteiger partial charge in [0.1, 0.15) is 11.6 Å². The lowest BCUT2D eigenvalue weighted by Crippen LogP contribution is -2.50. The van der Waals surface area contributed by atoms with Crippen molar-refractivity contribution < 1.29 is 27.1 Å².